The Morgan fingerprint density at radius 1 is 1.38 bits per heavy atom. The lowest BCUT2D eigenvalue weighted by molar-refractivity contribution is -0.125. The zero-order valence-corrected chi connectivity index (χ0v) is 14.0. The van der Waals surface area contributed by atoms with Gasteiger partial charge in [0, 0.05) is 25.1 Å². The number of rotatable bonds is 6. The van der Waals surface area contributed by atoms with Crippen molar-refractivity contribution in [3.63, 3.8) is 0 Å². The Bertz CT molecular complexity index is 660. The normalized spacial score (nSPS) is 17.6. The zero-order valence-electron chi connectivity index (χ0n) is 14.0. The molecular formula is C18H24N4O2. The minimum atomic E-state index is 0.117. The Morgan fingerprint density at radius 2 is 2.21 bits per heavy atom. The van der Waals surface area contributed by atoms with Crippen molar-refractivity contribution in [1.29, 1.82) is 0 Å². The van der Waals surface area contributed by atoms with Crippen molar-refractivity contribution in [2.45, 2.75) is 32.6 Å². The average Bonchev–Trinajstić information content (AvgIpc) is 3.12. The molecule has 0 saturated carbocycles. The molecule has 6 nitrogen and oxygen atoms in total. The van der Waals surface area contributed by atoms with Crippen LogP contribution in [0.5, 0.6) is 0 Å². The molecule has 1 fully saturated rings. The van der Waals surface area contributed by atoms with Gasteiger partial charge in [-0.1, -0.05) is 24.2 Å². The second-order valence-corrected chi connectivity index (χ2v) is 6.15. The Hall–Kier alpha value is -2.21. The van der Waals surface area contributed by atoms with Crippen molar-refractivity contribution in [3.8, 4) is 11.5 Å². The number of hydrogen-bond acceptors (Lipinski definition) is 5. The van der Waals surface area contributed by atoms with Crippen LogP contribution in [0, 0.1) is 5.92 Å². The quantitative estimate of drug-likeness (QED) is 0.847. The Balaban J connectivity index is 1.48. The molecule has 1 aliphatic heterocycles. The van der Waals surface area contributed by atoms with Gasteiger partial charge in [-0.3, -0.25) is 4.79 Å². The van der Waals surface area contributed by atoms with E-state index < -0.39 is 0 Å². The zero-order chi connectivity index (χ0) is 16.8. The Labute approximate surface area is 142 Å². The first kappa shape index (κ1) is 16.6. The molecule has 1 aromatic carbocycles. The van der Waals surface area contributed by atoms with E-state index in [2.05, 4.69) is 20.8 Å². The van der Waals surface area contributed by atoms with E-state index in [4.69, 9.17) is 4.52 Å². The van der Waals surface area contributed by atoms with E-state index in [0.29, 0.717) is 18.3 Å². The van der Waals surface area contributed by atoms with Crippen molar-refractivity contribution in [2.24, 2.45) is 5.92 Å². The lowest BCUT2D eigenvalue weighted by Gasteiger charge is -2.21. The summed E-state index contributed by atoms with van der Waals surface area (Å²) in [6.45, 7) is 4.48. The number of hydrogen-bond donors (Lipinski definition) is 2. The minimum Gasteiger partial charge on any atom is -0.355 e. The molecule has 1 aromatic heterocycles. The fourth-order valence-corrected chi connectivity index (χ4v) is 2.88. The van der Waals surface area contributed by atoms with E-state index in [1.807, 2.05) is 31.2 Å². The highest BCUT2D eigenvalue weighted by Gasteiger charge is 2.20. The molecule has 128 valence electrons. The van der Waals surface area contributed by atoms with Crippen LogP contribution in [-0.2, 0) is 17.6 Å². The summed E-state index contributed by atoms with van der Waals surface area (Å²) in [5.41, 5.74) is 2.10. The summed E-state index contributed by atoms with van der Waals surface area (Å²) in [4.78, 5) is 16.4. The molecule has 2 heterocycles. The molecule has 1 atom stereocenters. The Kier molecular flexibility index (Phi) is 5.59. The molecule has 0 bridgehead atoms. The van der Waals surface area contributed by atoms with Crippen molar-refractivity contribution in [1.82, 2.24) is 20.8 Å². The van der Waals surface area contributed by atoms with E-state index >= 15 is 0 Å². The molecule has 3 rings (SSSR count). The molecule has 1 saturated heterocycles. The van der Waals surface area contributed by atoms with E-state index in [1.54, 1.807) is 0 Å². The molecule has 0 radical (unpaired) electrons. The van der Waals surface area contributed by atoms with Gasteiger partial charge in [0.2, 0.25) is 5.91 Å². The number of benzene rings is 1. The fraction of sp³-hybridized carbons (Fsp3) is 0.500. The van der Waals surface area contributed by atoms with Gasteiger partial charge in [-0.15, -0.1) is 0 Å². The smallest absolute Gasteiger partial charge is 0.257 e. The van der Waals surface area contributed by atoms with Crippen LogP contribution in [0.3, 0.4) is 0 Å². The summed E-state index contributed by atoms with van der Waals surface area (Å²) in [7, 11) is 0. The summed E-state index contributed by atoms with van der Waals surface area (Å²) in [6, 6.07) is 8.04. The predicted octanol–water partition coefficient (Wildman–Crippen LogP) is 1.96. The van der Waals surface area contributed by atoms with Gasteiger partial charge < -0.3 is 15.2 Å². The summed E-state index contributed by atoms with van der Waals surface area (Å²) in [5, 5.41) is 10.2. The maximum absolute atomic E-state index is 12.1. The maximum Gasteiger partial charge on any atom is 0.257 e. The minimum absolute atomic E-state index is 0.117. The summed E-state index contributed by atoms with van der Waals surface area (Å²) < 4.78 is 5.24. The standard InChI is InChI=1S/C18H24N4O2/c1-2-16-21-18(24-22-16)14-7-5-13(6-8-14)9-11-20-17(23)15-4-3-10-19-12-15/h5-8,15,19H,2-4,9-12H2,1H3,(H,20,23). The highest BCUT2D eigenvalue weighted by molar-refractivity contribution is 5.78. The van der Waals surface area contributed by atoms with Crippen LogP contribution in [0.1, 0.15) is 31.2 Å². The first-order chi connectivity index (χ1) is 11.8. The third-order valence-corrected chi connectivity index (χ3v) is 4.37. The number of nitrogens with zero attached hydrogens (tertiary/aromatic N) is 2. The van der Waals surface area contributed by atoms with Gasteiger partial charge in [-0.05, 0) is 43.5 Å². The molecule has 6 heteroatoms. The number of amides is 1. The van der Waals surface area contributed by atoms with Gasteiger partial charge in [0.05, 0.1) is 5.92 Å². The predicted molar refractivity (Wildman–Crippen MR) is 91.4 cm³/mol. The van der Waals surface area contributed by atoms with E-state index in [9.17, 15) is 4.79 Å². The number of nitrogens with one attached hydrogen (secondary N) is 2. The number of aryl methyl sites for hydroxylation is 1. The number of carbonyl (C=O) groups excluding carboxylic acids is 1. The van der Waals surface area contributed by atoms with E-state index in [-0.39, 0.29) is 11.8 Å². The second kappa shape index (κ2) is 8.06. The molecule has 0 spiro atoms. The van der Waals surface area contributed by atoms with Crippen LogP contribution in [0.25, 0.3) is 11.5 Å². The van der Waals surface area contributed by atoms with Gasteiger partial charge in [-0.2, -0.15) is 4.98 Å². The van der Waals surface area contributed by atoms with Gasteiger partial charge in [0.1, 0.15) is 0 Å². The van der Waals surface area contributed by atoms with Gasteiger partial charge >= 0.3 is 0 Å². The van der Waals surface area contributed by atoms with Gasteiger partial charge in [-0.25, -0.2) is 0 Å². The first-order valence-electron chi connectivity index (χ1n) is 8.66. The number of aromatic nitrogens is 2. The lowest BCUT2D eigenvalue weighted by Crippen LogP contribution is -2.41. The highest BCUT2D eigenvalue weighted by atomic mass is 16.5. The summed E-state index contributed by atoms with van der Waals surface area (Å²) >= 11 is 0. The number of piperidine rings is 1. The molecular weight excluding hydrogens is 304 g/mol. The molecule has 0 aliphatic carbocycles. The van der Waals surface area contributed by atoms with Crippen molar-refractivity contribution >= 4 is 5.91 Å². The Morgan fingerprint density at radius 3 is 2.88 bits per heavy atom. The third kappa shape index (κ3) is 4.20. The maximum atomic E-state index is 12.1. The van der Waals surface area contributed by atoms with E-state index in [0.717, 1.165) is 44.3 Å². The van der Waals surface area contributed by atoms with Gasteiger partial charge in [0.25, 0.3) is 5.89 Å². The fourth-order valence-electron chi connectivity index (χ4n) is 2.88. The molecule has 2 N–H and O–H groups in total. The lowest BCUT2D eigenvalue weighted by atomic mass is 9.99. The second-order valence-electron chi connectivity index (χ2n) is 6.15. The van der Waals surface area contributed by atoms with Crippen LogP contribution in [0.2, 0.25) is 0 Å². The SMILES string of the molecule is CCc1noc(-c2ccc(CCNC(=O)C3CCCNC3)cc2)n1. The van der Waals surface area contributed by atoms with Crippen LogP contribution >= 0.6 is 0 Å². The first-order valence-corrected chi connectivity index (χ1v) is 8.66. The third-order valence-electron chi connectivity index (χ3n) is 4.37. The molecule has 24 heavy (non-hydrogen) atoms. The van der Waals surface area contributed by atoms with Crippen molar-refractivity contribution in [2.75, 3.05) is 19.6 Å². The van der Waals surface area contributed by atoms with Crippen LogP contribution in [0.15, 0.2) is 28.8 Å². The highest BCUT2D eigenvalue weighted by Crippen LogP contribution is 2.18. The van der Waals surface area contributed by atoms with Crippen LogP contribution < -0.4 is 10.6 Å². The van der Waals surface area contributed by atoms with Crippen LogP contribution in [0.4, 0.5) is 0 Å². The summed E-state index contributed by atoms with van der Waals surface area (Å²) in [5.74, 6) is 1.55. The number of carbonyl (C=O) groups is 1. The van der Waals surface area contributed by atoms with Crippen molar-refractivity contribution < 1.29 is 9.32 Å². The average molecular weight is 328 g/mol. The monoisotopic (exact) mass is 328 g/mol. The topological polar surface area (TPSA) is 80.0 Å². The van der Waals surface area contributed by atoms with Crippen molar-refractivity contribution in [3.05, 3.63) is 35.7 Å². The van der Waals surface area contributed by atoms with E-state index in [1.165, 1.54) is 5.56 Å². The molecule has 1 amide bonds. The van der Waals surface area contributed by atoms with Gasteiger partial charge in [0.15, 0.2) is 5.82 Å². The molecule has 1 unspecified atom stereocenters. The summed E-state index contributed by atoms with van der Waals surface area (Å²) in [6.07, 6.45) is 3.64. The largest absolute Gasteiger partial charge is 0.355 e. The van der Waals surface area contributed by atoms with Crippen LogP contribution in [-0.4, -0.2) is 35.7 Å². The molecule has 2 aromatic rings. The molecule has 1 aliphatic rings.